The van der Waals surface area contributed by atoms with Crippen molar-refractivity contribution in [1.82, 2.24) is 0 Å². The van der Waals surface area contributed by atoms with Crippen LogP contribution in [0.3, 0.4) is 0 Å². The first-order valence-electron chi connectivity index (χ1n) is 0. The van der Waals surface area contributed by atoms with Gasteiger partial charge in [0.15, 0.2) is 0 Å². The van der Waals surface area contributed by atoms with Crippen LogP contribution in [0.2, 0.25) is 0 Å². The predicted octanol–water partition coefficient (Wildman–Crippen LogP) is -4.76. The maximum absolute atomic E-state index is 0. The molecule has 0 saturated carbocycles. The van der Waals surface area contributed by atoms with Crippen molar-refractivity contribution in [3.63, 3.8) is 0 Å². The summed E-state index contributed by atoms with van der Waals surface area (Å²) >= 11 is 0. The first-order valence-corrected chi connectivity index (χ1v) is 0. The summed E-state index contributed by atoms with van der Waals surface area (Å²) in [5, 5.41) is 0. The van der Waals surface area contributed by atoms with Crippen molar-refractivity contribution >= 4 is 79.2 Å². The molecule has 0 saturated heterocycles. The fourth-order valence-corrected chi connectivity index (χ4v) is 0. The quantitative estimate of drug-likeness (QED) is 0.215. The average Bonchev–Trinajstić information content (AvgIpc) is 0. The third kappa shape index (κ3) is 109. The van der Waals surface area contributed by atoms with Gasteiger partial charge in [0.1, 0.15) is 0 Å². The summed E-state index contributed by atoms with van der Waals surface area (Å²) in [6, 6.07) is 0. The minimum absolute atomic E-state index is 0. The van der Waals surface area contributed by atoms with E-state index in [0.717, 1.165) is 0 Å². The van der Waals surface area contributed by atoms with E-state index in [0.29, 0.717) is 0 Å². The molecule has 0 spiro atoms. The molecular formula is H12Cu9Ga4. The van der Waals surface area contributed by atoms with Crippen molar-refractivity contribution < 1.29 is 154 Å². The van der Waals surface area contributed by atoms with Gasteiger partial charge in [-0.15, -0.1) is 0 Å². The van der Waals surface area contributed by atoms with E-state index < -0.39 is 0 Å². The van der Waals surface area contributed by atoms with Gasteiger partial charge in [0, 0.05) is 154 Å². The second-order valence-electron chi connectivity index (χ2n) is 0. The Morgan fingerprint density at radius 1 is 0.154 bits per heavy atom. The Kier molecular flexibility index (Phi) is 1350. The molecule has 0 heterocycles. The molecule has 0 aliphatic heterocycles. The summed E-state index contributed by atoms with van der Waals surface area (Å²) in [6.45, 7) is 0. The van der Waals surface area contributed by atoms with E-state index in [1.807, 2.05) is 0 Å². The zero-order valence-corrected chi connectivity index (χ0v) is 11.2. The molecule has 0 nitrogen and oxygen atoms in total. The van der Waals surface area contributed by atoms with E-state index in [9.17, 15) is 0 Å². The zero-order valence-electron chi connectivity index (χ0n) is 2.71. The van der Waals surface area contributed by atoms with E-state index in [4.69, 9.17) is 0 Å². The Balaban J connectivity index is 0. The van der Waals surface area contributed by atoms with Crippen molar-refractivity contribution in [2.75, 3.05) is 0 Å². The molecule has 13 heavy (non-hydrogen) atoms. The number of rotatable bonds is 0. The Labute approximate surface area is 227 Å². The number of hydrogen-bond acceptors (Lipinski definition) is 0. The van der Waals surface area contributed by atoms with Crippen LogP contribution in [0.1, 0.15) is 0 Å². The molecule has 0 aromatic heterocycles. The summed E-state index contributed by atoms with van der Waals surface area (Å²) in [4.78, 5) is 0. The predicted molar refractivity (Wildman–Crippen MR) is 39.8 cm³/mol. The van der Waals surface area contributed by atoms with Gasteiger partial charge in [-0.05, 0) is 0 Å². The molecule has 0 aromatic rings. The molecule has 9 radical (unpaired) electrons. The molecule has 0 amide bonds. The van der Waals surface area contributed by atoms with Crippen LogP contribution in [0.15, 0.2) is 0 Å². The van der Waals surface area contributed by atoms with Gasteiger partial charge in [0.2, 0.25) is 0 Å². The molecule has 0 aromatic carbocycles. The van der Waals surface area contributed by atoms with Gasteiger partial charge >= 0.3 is 79.2 Å². The summed E-state index contributed by atoms with van der Waals surface area (Å²) in [7, 11) is 0. The molecule has 0 unspecified atom stereocenters. The second kappa shape index (κ2) is 122. The van der Waals surface area contributed by atoms with Crippen LogP contribution < -0.4 is 0 Å². The number of hydrogen-bond donors (Lipinski definition) is 0. The SMILES string of the molecule is [Cu].[Cu].[Cu].[Cu].[Cu].[Cu].[Cu].[Cu].[Cu].[GaH3].[GaH3].[GaH3].[GaH3]. The second-order valence-corrected chi connectivity index (χ2v) is 0. The van der Waals surface area contributed by atoms with E-state index in [1.54, 1.807) is 0 Å². The normalized spacial score (nSPS) is 0. The minimum atomic E-state index is 0. The van der Waals surface area contributed by atoms with Gasteiger partial charge in [0.25, 0.3) is 0 Å². The van der Waals surface area contributed by atoms with Crippen LogP contribution in [-0.4, -0.2) is 79.2 Å². The molecule has 0 atom stereocenters. The van der Waals surface area contributed by atoms with E-state index in [2.05, 4.69) is 0 Å². The van der Waals surface area contributed by atoms with Crippen molar-refractivity contribution in [3.8, 4) is 0 Å². The fourth-order valence-electron chi connectivity index (χ4n) is 0. The molecular weight excluding hydrogens is 851 g/mol. The van der Waals surface area contributed by atoms with Crippen LogP contribution in [0.4, 0.5) is 0 Å². The summed E-state index contributed by atoms with van der Waals surface area (Å²) in [6.07, 6.45) is 0. The summed E-state index contributed by atoms with van der Waals surface area (Å²) < 4.78 is 0. The third-order valence-corrected chi connectivity index (χ3v) is 0. The molecule has 0 aliphatic rings. The van der Waals surface area contributed by atoms with Crippen molar-refractivity contribution in [2.45, 2.75) is 0 Å². The van der Waals surface area contributed by atoms with Gasteiger partial charge in [-0.2, -0.15) is 0 Å². The Hall–Kier alpha value is 7.22. The van der Waals surface area contributed by atoms with Gasteiger partial charge in [-0.3, -0.25) is 0 Å². The first kappa shape index (κ1) is 143. The van der Waals surface area contributed by atoms with Crippen LogP contribution in [0.5, 0.6) is 0 Å². The molecule has 13 heteroatoms. The van der Waals surface area contributed by atoms with Crippen molar-refractivity contribution in [1.29, 1.82) is 0 Å². The average molecular weight is 863 g/mol. The summed E-state index contributed by atoms with van der Waals surface area (Å²) in [5.74, 6) is 0. The van der Waals surface area contributed by atoms with Crippen molar-refractivity contribution in [2.24, 2.45) is 0 Å². The molecule has 0 N–H and O–H groups in total. The monoisotopic (exact) mass is 854 g/mol. The molecule has 0 rings (SSSR count). The van der Waals surface area contributed by atoms with Gasteiger partial charge < -0.3 is 0 Å². The first-order chi connectivity index (χ1) is 0. The molecule has 0 fully saturated rings. The Morgan fingerprint density at radius 3 is 0.154 bits per heavy atom. The Bertz CT molecular complexity index is 11.6. The van der Waals surface area contributed by atoms with Crippen LogP contribution in [0, 0.1) is 0 Å². The standard InChI is InChI=1S/9Cu.4Ga.12H. The van der Waals surface area contributed by atoms with E-state index in [1.165, 1.54) is 0 Å². The van der Waals surface area contributed by atoms with Crippen LogP contribution >= 0.6 is 0 Å². The van der Waals surface area contributed by atoms with Gasteiger partial charge in [-0.1, -0.05) is 0 Å². The van der Waals surface area contributed by atoms with Crippen LogP contribution in [-0.2, 0) is 154 Å². The third-order valence-electron chi connectivity index (χ3n) is 0. The topological polar surface area (TPSA) is 0 Å². The van der Waals surface area contributed by atoms with Gasteiger partial charge in [0.05, 0.1) is 0 Å². The molecule has 0 aliphatic carbocycles. The van der Waals surface area contributed by atoms with Gasteiger partial charge in [-0.25, -0.2) is 0 Å². The Morgan fingerprint density at radius 2 is 0.154 bits per heavy atom. The molecule has 0 bridgehead atoms. The summed E-state index contributed by atoms with van der Waals surface area (Å²) in [5.41, 5.74) is 0. The van der Waals surface area contributed by atoms with E-state index >= 15 is 0 Å². The zero-order chi connectivity index (χ0) is 0. The van der Waals surface area contributed by atoms with Crippen LogP contribution in [0.25, 0.3) is 0 Å². The molecule has 123 valence electrons. The maximum atomic E-state index is 0. The van der Waals surface area contributed by atoms with E-state index in [-0.39, 0.29) is 233 Å². The van der Waals surface area contributed by atoms with Crippen molar-refractivity contribution in [3.05, 3.63) is 0 Å². The fraction of sp³-hybridized carbons (Fsp3) is 0.